The van der Waals surface area contributed by atoms with Gasteiger partial charge in [0.1, 0.15) is 0 Å². The first-order valence-corrected chi connectivity index (χ1v) is 5.83. The molecule has 0 radical (unpaired) electrons. The second-order valence-electron chi connectivity index (χ2n) is 4.33. The van der Waals surface area contributed by atoms with Crippen LogP contribution in [0.25, 0.3) is 0 Å². The van der Waals surface area contributed by atoms with Crippen LogP contribution in [0, 0.1) is 0 Å². The predicted molar refractivity (Wildman–Crippen MR) is 60.0 cm³/mol. The zero-order valence-corrected chi connectivity index (χ0v) is 9.70. The molecule has 1 saturated heterocycles. The van der Waals surface area contributed by atoms with Crippen molar-refractivity contribution in [3.63, 3.8) is 0 Å². The van der Waals surface area contributed by atoms with Gasteiger partial charge in [0.2, 0.25) is 0 Å². The lowest BCUT2D eigenvalue weighted by atomic mass is 10.1. The lowest BCUT2D eigenvalue weighted by Gasteiger charge is -2.33. The molecule has 4 heteroatoms. The molecule has 1 fully saturated rings. The molecule has 2 N–H and O–H groups in total. The van der Waals surface area contributed by atoms with E-state index in [0.29, 0.717) is 6.04 Å². The predicted octanol–water partition coefficient (Wildman–Crippen LogP) is 0.923. The smallest absolute Gasteiger partial charge is 0.304 e. The molecule has 0 aromatic heterocycles. The Kier molecular flexibility index (Phi) is 5.05. The molecular weight excluding hydrogens is 192 g/mol. The van der Waals surface area contributed by atoms with Crippen LogP contribution in [-0.4, -0.2) is 47.7 Å². The monoisotopic (exact) mass is 214 g/mol. The van der Waals surface area contributed by atoms with Crippen LogP contribution in [0.4, 0.5) is 0 Å². The Morgan fingerprint density at radius 2 is 2.33 bits per heavy atom. The summed E-state index contributed by atoms with van der Waals surface area (Å²) in [5.74, 6) is -0.697. The Morgan fingerprint density at radius 3 is 2.93 bits per heavy atom. The first-order valence-electron chi connectivity index (χ1n) is 5.83. The normalized spacial score (nSPS) is 28.7. The van der Waals surface area contributed by atoms with Crippen LogP contribution in [0.3, 0.4) is 0 Å². The van der Waals surface area contributed by atoms with Gasteiger partial charge < -0.3 is 10.4 Å². The molecular formula is C11H22N2O2. The fourth-order valence-electron chi connectivity index (χ4n) is 2.27. The van der Waals surface area contributed by atoms with Crippen molar-refractivity contribution in [2.45, 2.75) is 45.2 Å². The largest absolute Gasteiger partial charge is 0.481 e. The number of rotatable bonds is 4. The highest BCUT2D eigenvalue weighted by atomic mass is 16.4. The number of nitrogens with zero attached hydrogens (tertiary/aromatic N) is 1. The Bertz CT molecular complexity index is 209. The topological polar surface area (TPSA) is 52.6 Å². The molecule has 0 aromatic carbocycles. The van der Waals surface area contributed by atoms with E-state index < -0.39 is 5.97 Å². The third-order valence-electron chi connectivity index (χ3n) is 3.05. The van der Waals surface area contributed by atoms with E-state index in [1.54, 1.807) is 0 Å². The van der Waals surface area contributed by atoms with Gasteiger partial charge in [-0.05, 0) is 32.9 Å². The van der Waals surface area contributed by atoms with Gasteiger partial charge in [-0.2, -0.15) is 0 Å². The Morgan fingerprint density at radius 1 is 1.60 bits per heavy atom. The summed E-state index contributed by atoms with van der Waals surface area (Å²) >= 11 is 0. The quantitative estimate of drug-likeness (QED) is 0.731. The summed E-state index contributed by atoms with van der Waals surface area (Å²) in [6.45, 7) is 7.13. The van der Waals surface area contributed by atoms with Crippen molar-refractivity contribution in [1.29, 1.82) is 0 Å². The summed E-state index contributed by atoms with van der Waals surface area (Å²) in [7, 11) is 0. The Hall–Kier alpha value is -0.610. The van der Waals surface area contributed by atoms with Crippen LogP contribution in [0.15, 0.2) is 0 Å². The van der Waals surface area contributed by atoms with Crippen LogP contribution in [0.1, 0.15) is 33.1 Å². The molecule has 0 aliphatic carbocycles. The van der Waals surface area contributed by atoms with Crippen LogP contribution >= 0.6 is 0 Å². The van der Waals surface area contributed by atoms with Crippen LogP contribution < -0.4 is 5.32 Å². The minimum absolute atomic E-state index is 0.153. The van der Waals surface area contributed by atoms with Crippen LogP contribution in [-0.2, 0) is 4.79 Å². The fourth-order valence-corrected chi connectivity index (χ4v) is 2.27. The second-order valence-corrected chi connectivity index (χ2v) is 4.33. The third-order valence-corrected chi connectivity index (χ3v) is 3.05. The van der Waals surface area contributed by atoms with Crippen molar-refractivity contribution in [3.05, 3.63) is 0 Å². The van der Waals surface area contributed by atoms with Gasteiger partial charge in [-0.1, -0.05) is 6.92 Å². The molecule has 2 atom stereocenters. The second kappa shape index (κ2) is 6.08. The van der Waals surface area contributed by atoms with Gasteiger partial charge in [0, 0.05) is 18.6 Å². The van der Waals surface area contributed by atoms with Gasteiger partial charge in [-0.25, -0.2) is 0 Å². The van der Waals surface area contributed by atoms with Crippen molar-refractivity contribution >= 4 is 5.97 Å². The maximum absolute atomic E-state index is 10.8. The molecule has 15 heavy (non-hydrogen) atoms. The highest BCUT2D eigenvalue weighted by Gasteiger charge is 2.26. The first kappa shape index (κ1) is 12.5. The van der Waals surface area contributed by atoms with Gasteiger partial charge in [-0.3, -0.25) is 9.69 Å². The van der Waals surface area contributed by atoms with Gasteiger partial charge in [0.15, 0.2) is 0 Å². The van der Waals surface area contributed by atoms with Gasteiger partial charge >= 0.3 is 5.97 Å². The number of carboxylic acids is 1. The van der Waals surface area contributed by atoms with E-state index in [1.165, 1.54) is 0 Å². The molecule has 0 aromatic rings. The van der Waals surface area contributed by atoms with Crippen LogP contribution in [0.5, 0.6) is 0 Å². The van der Waals surface area contributed by atoms with Crippen molar-refractivity contribution < 1.29 is 9.90 Å². The van der Waals surface area contributed by atoms with Crippen molar-refractivity contribution in [2.75, 3.05) is 19.6 Å². The number of aliphatic carboxylic acids is 1. The molecule has 0 saturated carbocycles. The zero-order valence-electron chi connectivity index (χ0n) is 9.70. The van der Waals surface area contributed by atoms with E-state index in [9.17, 15) is 4.79 Å². The highest BCUT2D eigenvalue weighted by molar-refractivity contribution is 5.67. The average molecular weight is 214 g/mol. The van der Waals surface area contributed by atoms with E-state index in [4.69, 9.17) is 5.11 Å². The van der Waals surface area contributed by atoms with Gasteiger partial charge in [-0.15, -0.1) is 0 Å². The number of nitrogens with one attached hydrogen (secondary N) is 1. The fraction of sp³-hybridized carbons (Fsp3) is 0.909. The van der Waals surface area contributed by atoms with Crippen molar-refractivity contribution in [1.82, 2.24) is 10.2 Å². The SMILES string of the molecule is CCCN1C(C)CCNCC1CC(=O)O. The molecule has 0 bridgehead atoms. The van der Waals surface area contributed by atoms with E-state index in [1.807, 2.05) is 0 Å². The number of carboxylic acid groups (broad SMARTS) is 1. The maximum Gasteiger partial charge on any atom is 0.304 e. The van der Waals surface area contributed by atoms with E-state index in [2.05, 4.69) is 24.1 Å². The average Bonchev–Trinajstić information content (AvgIpc) is 2.32. The van der Waals surface area contributed by atoms with Crippen molar-refractivity contribution in [2.24, 2.45) is 0 Å². The molecule has 2 unspecified atom stereocenters. The molecule has 0 spiro atoms. The summed E-state index contributed by atoms with van der Waals surface area (Å²) in [5, 5.41) is 12.2. The summed E-state index contributed by atoms with van der Waals surface area (Å²) in [6.07, 6.45) is 2.44. The van der Waals surface area contributed by atoms with Crippen LogP contribution in [0.2, 0.25) is 0 Å². The summed E-state index contributed by atoms with van der Waals surface area (Å²) < 4.78 is 0. The molecule has 1 heterocycles. The van der Waals surface area contributed by atoms with Crippen molar-refractivity contribution in [3.8, 4) is 0 Å². The number of hydrogen-bond acceptors (Lipinski definition) is 3. The third kappa shape index (κ3) is 3.80. The Balaban J connectivity index is 2.63. The lowest BCUT2D eigenvalue weighted by molar-refractivity contribution is -0.138. The molecule has 4 nitrogen and oxygen atoms in total. The summed E-state index contributed by atoms with van der Waals surface area (Å²) in [6, 6.07) is 0.643. The standard InChI is InChI=1S/C11H22N2O2/c1-3-6-13-9(2)4-5-12-8-10(13)7-11(14)15/h9-10,12H,3-8H2,1-2H3,(H,14,15). The zero-order chi connectivity index (χ0) is 11.3. The lowest BCUT2D eigenvalue weighted by Crippen LogP contribution is -2.45. The molecule has 1 aliphatic heterocycles. The minimum atomic E-state index is -0.697. The molecule has 1 rings (SSSR count). The van der Waals surface area contributed by atoms with E-state index >= 15 is 0 Å². The molecule has 1 aliphatic rings. The number of hydrogen-bond donors (Lipinski definition) is 2. The van der Waals surface area contributed by atoms with E-state index in [-0.39, 0.29) is 12.5 Å². The maximum atomic E-state index is 10.8. The van der Waals surface area contributed by atoms with E-state index in [0.717, 1.165) is 32.5 Å². The number of carbonyl (C=O) groups is 1. The summed E-state index contributed by atoms with van der Waals surface area (Å²) in [4.78, 5) is 13.1. The highest BCUT2D eigenvalue weighted by Crippen LogP contribution is 2.15. The minimum Gasteiger partial charge on any atom is -0.481 e. The first-order chi connectivity index (χ1) is 7.15. The summed E-state index contributed by atoms with van der Waals surface area (Å²) in [5.41, 5.74) is 0. The van der Waals surface area contributed by atoms with Gasteiger partial charge in [0.25, 0.3) is 0 Å². The molecule has 88 valence electrons. The van der Waals surface area contributed by atoms with Gasteiger partial charge in [0.05, 0.1) is 6.42 Å². The Labute approximate surface area is 91.6 Å². The molecule has 0 amide bonds.